The predicted molar refractivity (Wildman–Crippen MR) is 137 cm³/mol. The number of hydrogen-bond donors (Lipinski definition) is 1. The second-order valence-electron chi connectivity index (χ2n) is 9.75. The minimum atomic E-state index is -0.432. The number of carbonyl (C=O) groups excluding carboxylic acids is 2. The number of fused-ring (bicyclic) bond motifs is 4. The summed E-state index contributed by atoms with van der Waals surface area (Å²) in [7, 11) is 1.53. The molecule has 0 bridgehead atoms. The quantitative estimate of drug-likeness (QED) is 0.303. The van der Waals surface area contributed by atoms with E-state index in [1.54, 1.807) is 0 Å². The van der Waals surface area contributed by atoms with Gasteiger partial charge in [-0.15, -0.1) is 0 Å². The van der Waals surface area contributed by atoms with Crippen molar-refractivity contribution >= 4 is 49.7 Å². The Morgan fingerprint density at radius 2 is 1.88 bits per heavy atom. The lowest BCUT2D eigenvalue weighted by Gasteiger charge is -2.40. The third-order valence-electron chi connectivity index (χ3n) is 6.57. The van der Waals surface area contributed by atoms with Gasteiger partial charge in [0.1, 0.15) is 0 Å². The molecule has 5 rings (SSSR count). The van der Waals surface area contributed by atoms with Crippen LogP contribution in [0.3, 0.4) is 0 Å². The molecule has 0 radical (unpaired) electrons. The Balaban J connectivity index is 1.74. The van der Waals surface area contributed by atoms with Gasteiger partial charge in [-0.05, 0) is 67.9 Å². The molecule has 174 valence electrons. The molecule has 3 aromatic carbocycles. The Kier molecular flexibility index (Phi) is 5.52. The smallest absolute Gasteiger partial charge is 0.308 e. The highest BCUT2D eigenvalue weighted by molar-refractivity contribution is 9.10. The van der Waals surface area contributed by atoms with E-state index in [1.807, 2.05) is 24.3 Å². The zero-order valence-electron chi connectivity index (χ0n) is 19.6. The van der Waals surface area contributed by atoms with Gasteiger partial charge in [-0.2, -0.15) is 0 Å². The standard InChI is InChI=1S/C28H26BrNO4/c1-15(31)34-27-20(29)11-17(12-23(27)33-4)26-25-19(13-28(2,3)14-22(25)32)24-18-8-6-5-7-16(18)9-10-21(24)30-26/h5-12,26,30H,13-14H2,1-4H3. The topological polar surface area (TPSA) is 64.6 Å². The van der Waals surface area contributed by atoms with Crippen molar-refractivity contribution in [3.63, 3.8) is 0 Å². The van der Waals surface area contributed by atoms with E-state index in [4.69, 9.17) is 9.47 Å². The zero-order valence-corrected chi connectivity index (χ0v) is 21.2. The number of ether oxygens (including phenoxy) is 2. The maximum Gasteiger partial charge on any atom is 0.308 e. The van der Waals surface area contributed by atoms with Crippen molar-refractivity contribution < 1.29 is 19.1 Å². The van der Waals surface area contributed by atoms with E-state index >= 15 is 0 Å². The van der Waals surface area contributed by atoms with E-state index in [0.29, 0.717) is 22.4 Å². The molecule has 1 N–H and O–H groups in total. The second-order valence-corrected chi connectivity index (χ2v) is 10.6. The minimum Gasteiger partial charge on any atom is -0.493 e. The second kappa shape index (κ2) is 8.27. The Morgan fingerprint density at radius 1 is 1.12 bits per heavy atom. The molecule has 1 heterocycles. The number of anilines is 1. The lowest BCUT2D eigenvalue weighted by Crippen LogP contribution is -2.33. The summed E-state index contributed by atoms with van der Waals surface area (Å²) in [6.07, 6.45) is 1.31. The number of halogens is 1. The Labute approximate surface area is 207 Å². The van der Waals surface area contributed by atoms with E-state index in [2.05, 4.69) is 59.4 Å². The van der Waals surface area contributed by atoms with Crippen LogP contribution in [-0.2, 0) is 9.59 Å². The van der Waals surface area contributed by atoms with Crippen molar-refractivity contribution in [2.24, 2.45) is 5.41 Å². The molecule has 0 amide bonds. The molecule has 0 spiro atoms. The summed E-state index contributed by atoms with van der Waals surface area (Å²) < 4.78 is 11.5. The van der Waals surface area contributed by atoms with Gasteiger partial charge in [-0.1, -0.05) is 44.2 Å². The summed E-state index contributed by atoms with van der Waals surface area (Å²) in [6, 6.07) is 15.9. The average molecular weight is 520 g/mol. The Bertz CT molecular complexity index is 1390. The van der Waals surface area contributed by atoms with Crippen LogP contribution in [-0.4, -0.2) is 18.9 Å². The summed E-state index contributed by atoms with van der Waals surface area (Å²) in [6.45, 7) is 5.66. The van der Waals surface area contributed by atoms with E-state index in [9.17, 15) is 9.59 Å². The van der Waals surface area contributed by atoms with E-state index in [1.165, 1.54) is 14.0 Å². The van der Waals surface area contributed by atoms with Crippen LogP contribution in [0.2, 0.25) is 0 Å². The van der Waals surface area contributed by atoms with Crippen LogP contribution in [0.25, 0.3) is 16.3 Å². The molecule has 0 aromatic heterocycles. The van der Waals surface area contributed by atoms with Crippen LogP contribution in [0.1, 0.15) is 50.8 Å². The first kappa shape index (κ1) is 22.7. The van der Waals surface area contributed by atoms with Crippen LogP contribution in [0.15, 0.2) is 58.6 Å². The summed E-state index contributed by atoms with van der Waals surface area (Å²) in [5.41, 5.74) is 4.77. The third-order valence-corrected chi connectivity index (χ3v) is 7.16. The van der Waals surface area contributed by atoms with Crippen LogP contribution < -0.4 is 14.8 Å². The molecule has 1 aliphatic heterocycles. The van der Waals surface area contributed by atoms with E-state index in [0.717, 1.165) is 45.2 Å². The SMILES string of the molecule is COc1cc(C2Nc3ccc4ccccc4c3C3=C2C(=O)CC(C)(C)C3)cc(Br)c1OC(C)=O. The Morgan fingerprint density at radius 3 is 2.62 bits per heavy atom. The van der Waals surface area contributed by atoms with Gasteiger partial charge in [0, 0.05) is 30.2 Å². The van der Waals surface area contributed by atoms with Gasteiger partial charge in [0.2, 0.25) is 0 Å². The number of hydrogen-bond acceptors (Lipinski definition) is 5. The van der Waals surface area contributed by atoms with Crippen molar-refractivity contribution in [2.45, 2.75) is 39.7 Å². The summed E-state index contributed by atoms with van der Waals surface area (Å²) in [5, 5.41) is 5.94. The van der Waals surface area contributed by atoms with E-state index in [-0.39, 0.29) is 17.2 Å². The molecule has 1 aliphatic carbocycles. The van der Waals surface area contributed by atoms with Gasteiger partial charge in [0.15, 0.2) is 17.3 Å². The highest BCUT2D eigenvalue weighted by Gasteiger charge is 2.41. The molecule has 1 atom stereocenters. The molecule has 34 heavy (non-hydrogen) atoms. The first-order valence-corrected chi connectivity index (χ1v) is 12.1. The van der Waals surface area contributed by atoms with Crippen molar-refractivity contribution in [2.75, 3.05) is 12.4 Å². The number of Topliss-reactive ketones (excluding diaryl/α,β-unsaturated/α-hetero) is 1. The number of benzene rings is 3. The number of rotatable bonds is 3. The number of allylic oxidation sites excluding steroid dienone is 1. The zero-order chi connectivity index (χ0) is 24.2. The Hall–Kier alpha value is -3.12. The van der Waals surface area contributed by atoms with E-state index < -0.39 is 5.97 Å². The fourth-order valence-corrected chi connectivity index (χ4v) is 5.78. The third kappa shape index (κ3) is 3.80. The van der Waals surface area contributed by atoms with Crippen molar-refractivity contribution in [1.82, 2.24) is 0 Å². The number of methoxy groups -OCH3 is 1. The number of nitrogens with one attached hydrogen (secondary N) is 1. The van der Waals surface area contributed by atoms with Gasteiger partial charge in [-0.3, -0.25) is 9.59 Å². The maximum atomic E-state index is 13.6. The molecule has 5 nitrogen and oxygen atoms in total. The maximum absolute atomic E-state index is 13.6. The van der Waals surface area contributed by atoms with Gasteiger partial charge >= 0.3 is 5.97 Å². The summed E-state index contributed by atoms with van der Waals surface area (Å²) >= 11 is 3.53. The molecular formula is C28H26BrNO4. The number of esters is 1. The van der Waals surface area contributed by atoms with Crippen LogP contribution >= 0.6 is 15.9 Å². The average Bonchev–Trinajstić information content (AvgIpc) is 2.78. The number of ketones is 1. The van der Waals surface area contributed by atoms with Crippen molar-refractivity contribution in [3.05, 3.63) is 69.7 Å². The van der Waals surface area contributed by atoms with Gasteiger partial charge in [0.25, 0.3) is 0 Å². The molecule has 6 heteroatoms. The monoisotopic (exact) mass is 519 g/mol. The molecule has 1 unspecified atom stereocenters. The normalized spacial score (nSPS) is 18.7. The van der Waals surface area contributed by atoms with Crippen LogP contribution in [0, 0.1) is 5.41 Å². The molecule has 0 saturated carbocycles. The molecule has 3 aromatic rings. The molecular weight excluding hydrogens is 494 g/mol. The lowest BCUT2D eigenvalue weighted by molar-refractivity contribution is -0.132. The molecule has 0 fully saturated rings. The van der Waals surface area contributed by atoms with Crippen molar-refractivity contribution in [1.29, 1.82) is 0 Å². The highest BCUT2D eigenvalue weighted by atomic mass is 79.9. The van der Waals surface area contributed by atoms with Crippen LogP contribution in [0.4, 0.5) is 5.69 Å². The van der Waals surface area contributed by atoms with Gasteiger partial charge < -0.3 is 14.8 Å². The molecule has 0 saturated heterocycles. The van der Waals surface area contributed by atoms with Gasteiger partial charge in [-0.25, -0.2) is 0 Å². The molecule has 2 aliphatic rings. The first-order chi connectivity index (χ1) is 16.2. The van der Waals surface area contributed by atoms with Gasteiger partial charge in [0.05, 0.1) is 17.6 Å². The first-order valence-electron chi connectivity index (χ1n) is 11.3. The summed E-state index contributed by atoms with van der Waals surface area (Å²) in [5.74, 6) is 0.474. The summed E-state index contributed by atoms with van der Waals surface area (Å²) in [4.78, 5) is 25.2. The minimum absolute atomic E-state index is 0.122. The predicted octanol–water partition coefficient (Wildman–Crippen LogP) is 6.85. The largest absolute Gasteiger partial charge is 0.493 e. The fraction of sp³-hybridized carbons (Fsp3) is 0.286. The highest BCUT2D eigenvalue weighted by Crippen LogP contribution is 2.53. The lowest BCUT2D eigenvalue weighted by atomic mass is 9.68. The van der Waals surface area contributed by atoms with Crippen molar-refractivity contribution in [3.8, 4) is 11.5 Å². The number of carbonyl (C=O) groups is 2. The fourth-order valence-electron chi connectivity index (χ4n) is 5.24. The van der Waals surface area contributed by atoms with Crippen LogP contribution in [0.5, 0.6) is 11.5 Å².